The van der Waals surface area contributed by atoms with Gasteiger partial charge >= 0.3 is 6.03 Å². The predicted molar refractivity (Wildman–Crippen MR) is 106 cm³/mol. The number of urea groups is 1. The van der Waals surface area contributed by atoms with Crippen LogP contribution in [0.2, 0.25) is 0 Å². The van der Waals surface area contributed by atoms with Gasteiger partial charge in [-0.3, -0.25) is 9.69 Å². The topological polar surface area (TPSA) is 92.5 Å². The summed E-state index contributed by atoms with van der Waals surface area (Å²) in [5, 5.41) is 9.10. The van der Waals surface area contributed by atoms with E-state index in [1.807, 2.05) is 29.8 Å². The van der Waals surface area contributed by atoms with Gasteiger partial charge in [-0.05, 0) is 29.6 Å². The molecule has 0 unspecified atom stereocenters. The number of rotatable bonds is 4. The lowest BCUT2D eigenvalue weighted by Crippen LogP contribution is -2.28. The number of thiophene rings is 1. The van der Waals surface area contributed by atoms with Crippen molar-refractivity contribution in [3.63, 3.8) is 0 Å². The van der Waals surface area contributed by atoms with Gasteiger partial charge in [0.15, 0.2) is 5.65 Å². The largest absolute Gasteiger partial charge is 0.336 e. The predicted octanol–water partition coefficient (Wildman–Crippen LogP) is 2.86. The van der Waals surface area contributed by atoms with E-state index in [1.54, 1.807) is 34.2 Å². The number of amides is 2. The van der Waals surface area contributed by atoms with Crippen molar-refractivity contribution in [2.24, 2.45) is 0 Å². The zero-order valence-electron chi connectivity index (χ0n) is 14.6. The number of anilines is 1. The molecule has 0 aliphatic carbocycles. The summed E-state index contributed by atoms with van der Waals surface area (Å²) < 4.78 is 1.67. The maximum atomic E-state index is 12.0. The summed E-state index contributed by atoms with van der Waals surface area (Å²) >= 11 is 1.61. The smallest absolute Gasteiger partial charge is 0.323 e. The molecule has 1 fully saturated rings. The summed E-state index contributed by atoms with van der Waals surface area (Å²) in [6.07, 6.45) is 4.27. The molecule has 0 spiro atoms. The van der Waals surface area contributed by atoms with E-state index in [1.165, 1.54) is 4.90 Å². The third kappa shape index (κ3) is 2.72. The van der Waals surface area contributed by atoms with Crippen LogP contribution in [0.4, 0.5) is 10.6 Å². The minimum absolute atomic E-state index is 0.223. The second-order valence-electron chi connectivity index (χ2n) is 6.26. The molecule has 2 amide bonds. The third-order valence-corrected chi connectivity index (χ3v) is 5.41. The fourth-order valence-corrected chi connectivity index (χ4v) is 3.88. The lowest BCUT2D eigenvalue weighted by Gasteiger charge is -2.14. The molecular formula is C19H14N6O2S. The summed E-state index contributed by atoms with van der Waals surface area (Å²) in [7, 11) is 0. The van der Waals surface area contributed by atoms with Gasteiger partial charge in [0.05, 0.1) is 28.0 Å². The van der Waals surface area contributed by atoms with Gasteiger partial charge < -0.3 is 5.32 Å². The van der Waals surface area contributed by atoms with Crippen LogP contribution in [0, 0.1) is 0 Å². The molecule has 4 aromatic rings. The fraction of sp³-hybridized carbons (Fsp3) is 0.105. The Morgan fingerprint density at radius 1 is 1.18 bits per heavy atom. The number of aromatic nitrogens is 4. The molecule has 138 valence electrons. The minimum Gasteiger partial charge on any atom is -0.336 e. The Morgan fingerprint density at radius 3 is 2.86 bits per heavy atom. The summed E-state index contributed by atoms with van der Waals surface area (Å²) in [5.74, 6) is 0.434. The van der Waals surface area contributed by atoms with Crippen LogP contribution >= 0.6 is 11.3 Å². The standard InChI is InChI=1S/C19H14N6O2S/c26-11-12-8-15(22-17(9-12)24-6-4-20-19(24)27)13-10-21-25-5-3-14(23-18(13)25)16-2-1-7-28-16/h1-3,5,7-11H,4,6H2,(H,20,27). The summed E-state index contributed by atoms with van der Waals surface area (Å²) in [6.45, 7) is 1.05. The first-order valence-electron chi connectivity index (χ1n) is 8.64. The highest BCUT2D eigenvalue weighted by Crippen LogP contribution is 2.29. The van der Waals surface area contributed by atoms with Crippen LogP contribution in [0.15, 0.2) is 48.1 Å². The first-order valence-corrected chi connectivity index (χ1v) is 9.52. The average Bonchev–Trinajstić information content (AvgIpc) is 3.47. The summed E-state index contributed by atoms with van der Waals surface area (Å²) in [4.78, 5) is 35.4. The number of nitrogens with zero attached hydrogens (tertiary/aromatic N) is 5. The number of carbonyl (C=O) groups excluding carboxylic acids is 2. The number of nitrogens with one attached hydrogen (secondary N) is 1. The molecule has 0 aromatic carbocycles. The van der Waals surface area contributed by atoms with Gasteiger partial charge in [0.1, 0.15) is 12.1 Å². The Kier molecular flexibility index (Phi) is 3.87. The second kappa shape index (κ2) is 6.54. The fourth-order valence-electron chi connectivity index (χ4n) is 3.18. The highest BCUT2D eigenvalue weighted by molar-refractivity contribution is 7.13. The first kappa shape index (κ1) is 16.6. The van der Waals surface area contributed by atoms with Crippen LogP contribution < -0.4 is 10.2 Å². The van der Waals surface area contributed by atoms with Crippen molar-refractivity contribution in [1.82, 2.24) is 24.9 Å². The molecule has 0 bridgehead atoms. The Bertz CT molecular complexity index is 1200. The van der Waals surface area contributed by atoms with Crippen LogP contribution in [0.5, 0.6) is 0 Å². The Balaban J connectivity index is 1.66. The van der Waals surface area contributed by atoms with Crippen molar-refractivity contribution < 1.29 is 9.59 Å². The lowest BCUT2D eigenvalue weighted by molar-refractivity contribution is 0.112. The quantitative estimate of drug-likeness (QED) is 0.541. The molecular weight excluding hydrogens is 376 g/mol. The maximum absolute atomic E-state index is 12.0. The maximum Gasteiger partial charge on any atom is 0.323 e. The molecule has 5 rings (SSSR count). The van der Waals surface area contributed by atoms with Crippen LogP contribution in [0.1, 0.15) is 10.4 Å². The van der Waals surface area contributed by atoms with Gasteiger partial charge in [0, 0.05) is 24.8 Å². The molecule has 0 saturated carbocycles. The highest BCUT2D eigenvalue weighted by Gasteiger charge is 2.24. The molecule has 28 heavy (non-hydrogen) atoms. The van der Waals surface area contributed by atoms with Gasteiger partial charge in [-0.2, -0.15) is 5.10 Å². The SMILES string of the molecule is O=Cc1cc(-c2cnn3ccc(-c4cccs4)nc23)nc(N2CCNC2=O)c1. The molecule has 9 heteroatoms. The van der Waals surface area contributed by atoms with E-state index in [0.29, 0.717) is 41.4 Å². The van der Waals surface area contributed by atoms with Crippen molar-refractivity contribution in [1.29, 1.82) is 0 Å². The van der Waals surface area contributed by atoms with Gasteiger partial charge in [0.2, 0.25) is 0 Å². The number of aldehydes is 1. The van der Waals surface area contributed by atoms with Crippen molar-refractivity contribution in [2.45, 2.75) is 0 Å². The molecule has 8 nitrogen and oxygen atoms in total. The third-order valence-electron chi connectivity index (χ3n) is 4.52. The van der Waals surface area contributed by atoms with E-state index in [4.69, 9.17) is 4.98 Å². The van der Waals surface area contributed by atoms with Crippen LogP contribution in [0.25, 0.3) is 27.5 Å². The van der Waals surface area contributed by atoms with E-state index in [2.05, 4.69) is 15.4 Å². The van der Waals surface area contributed by atoms with Crippen molar-refractivity contribution in [3.8, 4) is 21.8 Å². The van der Waals surface area contributed by atoms with Crippen molar-refractivity contribution in [3.05, 3.63) is 53.7 Å². The number of hydrogen-bond acceptors (Lipinski definition) is 6. The van der Waals surface area contributed by atoms with E-state index in [-0.39, 0.29) is 6.03 Å². The number of carbonyl (C=O) groups is 2. The summed E-state index contributed by atoms with van der Waals surface area (Å²) in [5.41, 5.74) is 3.16. The zero-order valence-corrected chi connectivity index (χ0v) is 15.4. The monoisotopic (exact) mass is 390 g/mol. The number of fused-ring (bicyclic) bond motifs is 1. The van der Waals surface area contributed by atoms with Gasteiger partial charge in [0.25, 0.3) is 0 Å². The summed E-state index contributed by atoms with van der Waals surface area (Å²) in [6, 6.07) is 8.96. The molecule has 0 radical (unpaired) electrons. The molecule has 1 aliphatic rings. The zero-order chi connectivity index (χ0) is 19.1. The van der Waals surface area contributed by atoms with Crippen LogP contribution in [0.3, 0.4) is 0 Å². The molecule has 1 N–H and O–H groups in total. The Labute approximate surface area is 163 Å². The molecule has 5 heterocycles. The van der Waals surface area contributed by atoms with E-state index >= 15 is 0 Å². The Hall–Kier alpha value is -3.59. The minimum atomic E-state index is -0.223. The number of pyridine rings is 1. The Morgan fingerprint density at radius 2 is 2.11 bits per heavy atom. The van der Waals surface area contributed by atoms with Crippen LogP contribution in [-0.2, 0) is 0 Å². The van der Waals surface area contributed by atoms with Gasteiger partial charge in [-0.25, -0.2) is 19.3 Å². The van der Waals surface area contributed by atoms with Crippen molar-refractivity contribution >= 4 is 35.1 Å². The normalized spacial score (nSPS) is 13.9. The van der Waals surface area contributed by atoms with E-state index < -0.39 is 0 Å². The van der Waals surface area contributed by atoms with Crippen LogP contribution in [-0.4, -0.2) is 45.0 Å². The highest BCUT2D eigenvalue weighted by atomic mass is 32.1. The molecule has 1 saturated heterocycles. The molecule has 0 atom stereocenters. The molecule has 1 aliphatic heterocycles. The number of hydrogen-bond donors (Lipinski definition) is 1. The second-order valence-corrected chi connectivity index (χ2v) is 7.21. The van der Waals surface area contributed by atoms with Gasteiger partial charge in [-0.1, -0.05) is 6.07 Å². The van der Waals surface area contributed by atoms with E-state index in [0.717, 1.165) is 16.9 Å². The molecule has 4 aromatic heterocycles. The lowest BCUT2D eigenvalue weighted by atomic mass is 10.1. The van der Waals surface area contributed by atoms with Crippen molar-refractivity contribution in [2.75, 3.05) is 18.0 Å². The first-order chi connectivity index (χ1) is 13.7. The van der Waals surface area contributed by atoms with E-state index in [9.17, 15) is 9.59 Å². The average molecular weight is 390 g/mol. The van der Waals surface area contributed by atoms with Gasteiger partial charge in [-0.15, -0.1) is 11.3 Å².